The number of nitrogens with one attached hydrogen (secondary N) is 1. The Hall–Kier alpha value is -1.03. The molecular weight excluding hydrogens is 208 g/mol. The minimum Gasteiger partial charge on any atom is -0.338 e. The Morgan fingerprint density at radius 3 is 3.00 bits per heavy atom. The number of rotatable bonds is 4. The third-order valence-corrected chi connectivity index (χ3v) is 3.34. The molecular formula is C11H16N2OS. The molecule has 1 heterocycles. The van der Waals surface area contributed by atoms with Gasteiger partial charge in [-0.25, -0.2) is 4.79 Å². The van der Waals surface area contributed by atoms with Crippen LogP contribution >= 0.6 is 11.3 Å². The van der Waals surface area contributed by atoms with E-state index in [1.54, 1.807) is 11.3 Å². The quantitative estimate of drug-likeness (QED) is 0.837. The Morgan fingerprint density at radius 1 is 1.67 bits per heavy atom. The van der Waals surface area contributed by atoms with Gasteiger partial charge in [0.1, 0.15) is 0 Å². The van der Waals surface area contributed by atoms with Crippen molar-refractivity contribution >= 4 is 17.4 Å². The number of amides is 2. The normalized spacial score (nSPS) is 15.0. The van der Waals surface area contributed by atoms with Crippen molar-refractivity contribution in [3.63, 3.8) is 0 Å². The van der Waals surface area contributed by atoms with Gasteiger partial charge in [-0.15, -0.1) is 11.3 Å². The molecule has 0 bridgehead atoms. The molecule has 0 saturated heterocycles. The minimum atomic E-state index is 0.0772. The second-order valence-electron chi connectivity index (χ2n) is 3.77. The SMILES string of the molecule is CCNC(=O)N(Cc1cccs1)C1CC1. The maximum atomic E-state index is 11.8. The Bertz CT molecular complexity index is 319. The summed E-state index contributed by atoms with van der Waals surface area (Å²) in [5, 5.41) is 4.92. The molecule has 0 unspecified atom stereocenters. The van der Waals surface area contributed by atoms with Crippen LogP contribution in [0, 0.1) is 0 Å². The number of urea groups is 1. The Labute approximate surface area is 94.1 Å². The Morgan fingerprint density at radius 2 is 2.47 bits per heavy atom. The van der Waals surface area contributed by atoms with Gasteiger partial charge in [0.15, 0.2) is 0 Å². The highest BCUT2D eigenvalue weighted by atomic mass is 32.1. The summed E-state index contributed by atoms with van der Waals surface area (Å²) in [6.07, 6.45) is 2.31. The lowest BCUT2D eigenvalue weighted by Gasteiger charge is -2.21. The van der Waals surface area contributed by atoms with Crippen molar-refractivity contribution in [1.82, 2.24) is 10.2 Å². The molecule has 3 nitrogen and oxygen atoms in total. The van der Waals surface area contributed by atoms with E-state index in [0.717, 1.165) is 19.4 Å². The van der Waals surface area contributed by atoms with E-state index in [1.165, 1.54) is 4.88 Å². The van der Waals surface area contributed by atoms with Crippen LogP contribution in [0.4, 0.5) is 4.79 Å². The standard InChI is InChI=1S/C11H16N2OS/c1-2-12-11(14)13(9-5-6-9)8-10-4-3-7-15-10/h3-4,7,9H,2,5-6,8H2,1H3,(H,12,14). The monoisotopic (exact) mass is 224 g/mol. The summed E-state index contributed by atoms with van der Waals surface area (Å²) >= 11 is 1.71. The van der Waals surface area contributed by atoms with E-state index in [0.29, 0.717) is 12.6 Å². The Kier molecular flexibility index (Phi) is 3.26. The molecule has 0 spiro atoms. The summed E-state index contributed by atoms with van der Waals surface area (Å²) in [6, 6.07) is 4.66. The van der Waals surface area contributed by atoms with Crippen molar-refractivity contribution in [3.8, 4) is 0 Å². The van der Waals surface area contributed by atoms with Gasteiger partial charge in [-0.1, -0.05) is 6.07 Å². The van der Waals surface area contributed by atoms with Crippen LogP contribution in [0.2, 0.25) is 0 Å². The average Bonchev–Trinajstić information content (AvgIpc) is 2.93. The number of carbonyl (C=O) groups excluding carboxylic acids is 1. The van der Waals surface area contributed by atoms with Crippen LogP contribution in [0.1, 0.15) is 24.6 Å². The predicted octanol–water partition coefficient (Wildman–Crippen LogP) is 2.44. The smallest absolute Gasteiger partial charge is 0.317 e. The van der Waals surface area contributed by atoms with Crippen molar-refractivity contribution < 1.29 is 4.79 Å². The molecule has 0 aromatic carbocycles. The largest absolute Gasteiger partial charge is 0.338 e. The third-order valence-electron chi connectivity index (χ3n) is 2.48. The topological polar surface area (TPSA) is 32.3 Å². The molecule has 1 N–H and O–H groups in total. The van der Waals surface area contributed by atoms with Crippen LogP contribution in [0.25, 0.3) is 0 Å². The van der Waals surface area contributed by atoms with Crippen molar-refractivity contribution in [2.24, 2.45) is 0 Å². The first-order chi connectivity index (χ1) is 7.31. The van der Waals surface area contributed by atoms with Crippen molar-refractivity contribution in [1.29, 1.82) is 0 Å². The van der Waals surface area contributed by atoms with E-state index in [4.69, 9.17) is 0 Å². The van der Waals surface area contributed by atoms with E-state index in [2.05, 4.69) is 16.8 Å². The molecule has 1 aliphatic rings. The highest BCUT2D eigenvalue weighted by Gasteiger charge is 2.32. The third kappa shape index (κ3) is 2.72. The van der Waals surface area contributed by atoms with Gasteiger partial charge in [-0.05, 0) is 31.2 Å². The molecule has 0 radical (unpaired) electrons. The van der Waals surface area contributed by atoms with Crippen LogP contribution in [0.15, 0.2) is 17.5 Å². The van der Waals surface area contributed by atoms with E-state index < -0.39 is 0 Å². The lowest BCUT2D eigenvalue weighted by Crippen LogP contribution is -2.40. The van der Waals surface area contributed by atoms with Crippen LogP contribution < -0.4 is 5.32 Å². The number of hydrogen-bond donors (Lipinski definition) is 1. The fourth-order valence-electron chi connectivity index (χ4n) is 1.58. The Balaban J connectivity index is 1.97. The van der Waals surface area contributed by atoms with E-state index in [-0.39, 0.29) is 6.03 Å². The molecule has 4 heteroatoms. The van der Waals surface area contributed by atoms with Gasteiger partial charge in [0.05, 0.1) is 6.54 Å². The van der Waals surface area contributed by atoms with Crippen LogP contribution in [-0.4, -0.2) is 23.5 Å². The van der Waals surface area contributed by atoms with Gasteiger partial charge in [0, 0.05) is 17.5 Å². The molecule has 1 fully saturated rings. The summed E-state index contributed by atoms with van der Waals surface area (Å²) in [4.78, 5) is 15.0. The highest BCUT2D eigenvalue weighted by molar-refractivity contribution is 7.09. The lowest BCUT2D eigenvalue weighted by molar-refractivity contribution is 0.193. The van der Waals surface area contributed by atoms with Gasteiger partial charge in [0.25, 0.3) is 0 Å². The fourth-order valence-corrected chi connectivity index (χ4v) is 2.28. The summed E-state index contributed by atoms with van der Waals surface area (Å²) in [7, 11) is 0. The number of thiophene rings is 1. The molecule has 15 heavy (non-hydrogen) atoms. The van der Waals surface area contributed by atoms with Gasteiger partial charge < -0.3 is 10.2 Å². The first-order valence-electron chi connectivity index (χ1n) is 5.38. The molecule has 0 aliphatic heterocycles. The van der Waals surface area contributed by atoms with Crippen molar-refractivity contribution in [3.05, 3.63) is 22.4 Å². The van der Waals surface area contributed by atoms with Gasteiger partial charge in [-0.2, -0.15) is 0 Å². The van der Waals surface area contributed by atoms with Gasteiger partial charge in [-0.3, -0.25) is 0 Å². The molecule has 2 rings (SSSR count). The summed E-state index contributed by atoms with van der Waals surface area (Å²) in [5.41, 5.74) is 0. The van der Waals surface area contributed by atoms with Gasteiger partial charge in [0.2, 0.25) is 0 Å². The number of hydrogen-bond acceptors (Lipinski definition) is 2. The summed E-state index contributed by atoms with van der Waals surface area (Å²) in [5.74, 6) is 0. The average molecular weight is 224 g/mol. The molecule has 1 aliphatic carbocycles. The van der Waals surface area contributed by atoms with Crippen LogP contribution in [0.3, 0.4) is 0 Å². The maximum Gasteiger partial charge on any atom is 0.317 e. The zero-order valence-corrected chi connectivity index (χ0v) is 9.72. The first-order valence-corrected chi connectivity index (χ1v) is 6.26. The number of carbonyl (C=O) groups is 1. The van der Waals surface area contributed by atoms with Crippen molar-refractivity contribution in [2.75, 3.05) is 6.54 Å². The lowest BCUT2D eigenvalue weighted by atomic mass is 10.4. The number of nitrogens with zero attached hydrogens (tertiary/aromatic N) is 1. The predicted molar refractivity (Wildman–Crippen MR) is 62.0 cm³/mol. The summed E-state index contributed by atoms with van der Waals surface area (Å²) in [6.45, 7) is 3.41. The molecule has 82 valence electrons. The fraction of sp³-hybridized carbons (Fsp3) is 0.545. The second kappa shape index (κ2) is 4.66. The molecule has 0 atom stereocenters. The van der Waals surface area contributed by atoms with Crippen LogP contribution in [-0.2, 0) is 6.54 Å². The highest BCUT2D eigenvalue weighted by Crippen LogP contribution is 2.29. The van der Waals surface area contributed by atoms with E-state index in [1.807, 2.05) is 17.9 Å². The molecule has 1 saturated carbocycles. The van der Waals surface area contributed by atoms with Gasteiger partial charge >= 0.3 is 6.03 Å². The zero-order chi connectivity index (χ0) is 10.7. The maximum absolute atomic E-state index is 11.8. The van der Waals surface area contributed by atoms with Crippen LogP contribution in [0.5, 0.6) is 0 Å². The summed E-state index contributed by atoms with van der Waals surface area (Å²) < 4.78 is 0. The van der Waals surface area contributed by atoms with Crippen molar-refractivity contribution in [2.45, 2.75) is 32.4 Å². The van der Waals surface area contributed by atoms with E-state index >= 15 is 0 Å². The molecule has 2 amide bonds. The molecule has 1 aromatic heterocycles. The van der Waals surface area contributed by atoms with E-state index in [9.17, 15) is 4.79 Å². The minimum absolute atomic E-state index is 0.0772. The first kappa shape index (κ1) is 10.5. The zero-order valence-electron chi connectivity index (χ0n) is 8.90. The second-order valence-corrected chi connectivity index (χ2v) is 4.81. The molecule has 1 aromatic rings.